The molecule has 160 valence electrons. The second kappa shape index (κ2) is 8.49. The number of primary amides is 1. The highest BCUT2D eigenvalue weighted by atomic mass is 32.2. The van der Waals surface area contributed by atoms with Gasteiger partial charge in [-0.2, -0.15) is 4.31 Å². The summed E-state index contributed by atoms with van der Waals surface area (Å²) in [4.78, 5) is 24.2. The van der Waals surface area contributed by atoms with Crippen molar-refractivity contribution in [2.45, 2.75) is 17.7 Å². The van der Waals surface area contributed by atoms with Crippen LogP contribution in [0.3, 0.4) is 0 Å². The minimum absolute atomic E-state index is 0.125. The maximum absolute atomic E-state index is 13.2. The van der Waals surface area contributed by atoms with Crippen LogP contribution in [-0.4, -0.2) is 37.6 Å². The molecule has 3 aromatic rings. The number of piperidine rings is 1. The van der Waals surface area contributed by atoms with Gasteiger partial charge in [0.25, 0.3) is 0 Å². The standard InChI is InChI=1S/C23H23N3O4S/c24-22(27)17-7-10-20(11-8-17)25-23(28)19-6-3-13-26(15-19)31(29,30)21-12-9-16-4-1-2-5-18(16)14-21/h1-2,4-5,7-12,14,19H,3,6,13,15H2,(H2,24,27)(H,25,28)/t19-/m0/s1. The third kappa shape index (κ3) is 4.45. The monoisotopic (exact) mass is 437 g/mol. The van der Waals surface area contributed by atoms with Gasteiger partial charge in [0.2, 0.25) is 21.8 Å². The molecule has 3 aromatic carbocycles. The van der Waals surface area contributed by atoms with E-state index in [1.54, 1.807) is 30.3 Å². The van der Waals surface area contributed by atoms with Crippen LogP contribution in [0.15, 0.2) is 71.6 Å². The van der Waals surface area contributed by atoms with Crippen molar-refractivity contribution >= 4 is 38.3 Å². The average Bonchev–Trinajstić information content (AvgIpc) is 2.79. The first kappa shape index (κ1) is 21.0. The van der Waals surface area contributed by atoms with Crippen LogP contribution in [0.1, 0.15) is 23.2 Å². The molecular weight excluding hydrogens is 414 g/mol. The molecule has 0 aliphatic carbocycles. The summed E-state index contributed by atoms with van der Waals surface area (Å²) >= 11 is 0. The van der Waals surface area contributed by atoms with Gasteiger partial charge in [0.1, 0.15) is 0 Å². The summed E-state index contributed by atoms with van der Waals surface area (Å²) in [5.41, 5.74) is 6.11. The number of nitrogens with zero attached hydrogens (tertiary/aromatic N) is 1. The zero-order chi connectivity index (χ0) is 22.0. The van der Waals surface area contributed by atoms with Crippen LogP contribution in [0.4, 0.5) is 5.69 Å². The number of benzene rings is 3. The van der Waals surface area contributed by atoms with Gasteiger partial charge in [-0.15, -0.1) is 0 Å². The van der Waals surface area contributed by atoms with E-state index in [2.05, 4.69) is 5.32 Å². The van der Waals surface area contributed by atoms with Crippen molar-refractivity contribution in [3.05, 3.63) is 72.3 Å². The SMILES string of the molecule is NC(=O)c1ccc(NC(=O)[C@H]2CCCN(S(=O)(=O)c3ccc4ccccc4c3)C2)cc1. The molecule has 1 atom stereocenters. The number of hydrogen-bond acceptors (Lipinski definition) is 4. The van der Waals surface area contributed by atoms with E-state index in [-0.39, 0.29) is 17.3 Å². The Bertz CT molecular complexity index is 1240. The first-order valence-corrected chi connectivity index (χ1v) is 11.5. The van der Waals surface area contributed by atoms with Gasteiger partial charge in [0, 0.05) is 24.3 Å². The van der Waals surface area contributed by atoms with Crippen molar-refractivity contribution in [1.29, 1.82) is 0 Å². The van der Waals surface area contributed by atoms with E-state index >= 15 is 0 Å². The number of anilines is 1. The Morgan fingerprint density at radius 3 is 2.39 bits per heavy atom. The highest BCUT2D eigenvalue weighted by Crippen LogP contribution is 2.27. The van der Waals surface area contributed by atoms with E-state index < -0.39 is 21.8 Å². The molecule has 1 aliphatic heterocycles. The van der Waals surface area contributed by atoms with Crippen LogP contribution in [0.25, 0.3) is 10.8 Å². The minimum atomic E-state index is -3.71. The van der Waals surface area contributed by atoms with E-state index in [1.807, 2.05) is 24.3 Å². The van der Waals surface area contributed by atoms with Gasteiger partial charge in [0.15, 0.2) is 0 Å². The summed E-state index contributed by atoms with van der Waals surface area (Å²) in [7, 11) is -3.71. The predicted octanol–water partition coefficient (Wildman–Crippen LogP) is 2.98. The van der Waals surface area contributed by atoms with Gasteiger partial charge in [-0.05, 0) is 60.0 Å². The Kier molecular flexibility index (Phi) is 5.75. The Hall–Kier alpha value is -3.23. The third-order valence-corrected chi connectivity index (χ3v) is 7.41. The summed E-state index contributed by atoms with van der Waals surface area (Å²) in [5, 5.41) is 4.63. The molecule has 1 heterocycles. The molecule has 4 rings (SSSR count). The maximum Gasteiger partial charge on any atom is 0.248 e. The summed E-state index contributed by atoms with van der Waals surface area (Å²) in [6, 6.07) is 19.0. The van der Waals surface area contributed by atoms with Crippen LogP contribution in [0, 0.1) is 5.92 Å². The lowest BCUT2D eigenvalue weighted by molar-refractivity contribution is -0.120. The van der Waals surface area contributed by atoms with Crippen molar-refractivity contribution in [2.24, 2.45) is 11.7 Å². The molecule has 0 spiro atoms. The second-order valence-electron chi connectivity index (χ2n) is 7.64. The average molecular weight is 438 g/mol. The van der Waals surface area contributed by atoms with Gasteiger partial charge in [-0.3, -0.25) is 9.59 Å². The molecule has 0 unspecified atom stereocenters. The fraction of sp³-hybridized carbons (Fsp3) is 0.217. The number of carbonyl (C=O) groups is 2. The molecule has 1 fully saturated rings. The van der Waals surface area contributed by atoms with Crippen molar-refractivity contribution in [2.75, 3.05) is 18.4 Å². The van der Waals surface area contributed by atoms with Crippen LogP contribution in [0.5, 0.6) is 0 Å². The number of sulfonamides is 1. The molecule has 7 nitrogen and oxygen atoms in total. The molecule has 1 aliphatic rings. The molecule has 0 bridgehead atoms. The third-order valence-electron chi connectivity index (χ3n) is 5.55. The van der Waals surface area contributed by atoms with Crippen LogP contribution >= 0.6 is 0 Å². The predicted molar refractivity (Wildman–Crippen MR) is 119 cm³/mol. The normalized spacial score (nSPS) is 17.4. The van der Waals surface area contributed by atoms with E-state index in [4.69, 9.17) is 5.73 Å². The number of hydrogen-bond donors (Lipinski definition) is 2. The summed E-state index contributed by atoms with van der Waals surface area (Å²) in [6.45, 7) is 0.507. The molecule has 0 saturated carbocycles. The van der Waals surface area contributed by atoms with Gasteiger partial charge < -0.3 is 11.1 Å². The number of rotatable bonds is 5. The van der Waals surface area contributed by atoms with E-state index in [0.29, 0.717) is 30.6 Å². The number of fused-ring (bicyclic) bond motifs is 1. The number of carbonyl (C=O) groups excluding carboxylic acids is 2. The van der Waals surface area contributed by atoms with Gasteiger partial charge >= 0.3 is 0 Å². The highest BCUT2D eigenvalue weighted by Gasteiger charge is 2.33. The largest absolute Gasteiger partial charge is 0.366 e. The molecule has 2 amide bonds. The molecule has 0 aromatic heterocycles. The minimum Gasteiger partial charge on any atom is -0.366 e. The van der Waals surface area contributed by atoms with E-state index in [0.717, 1.165) is 10.8 Å². The van der Waals surface area contributed by atoms with E-state index in [9.17, 15) is 18.0 Å². The Morgan fingerprint density at radius 1 is 0.968 bits per heavy atom. The van der Waals surface area contributed by atoms with Crippen molar-refractivity contribution < 1.29 is 18.0 Å². The number of nitrogens with one attached hydrogen (secondary N) is 1. The van der Waals surface area contributed by atoms with Gasteiger partial charge in [0.05, 0.1) is 10.8 Å². The quantitative estimate of drug-likeness (QED) is 0.639. The number of amides is 2. The summed E-state index contributed by atoms with van der Waals surface area (Å²) in [5.74, 6) is -1.25. The lowest BCUT2D eigenvalue weighted by Crippen LogP contribution is -2.43. The van der Waals surface area contributed by atoms with Crippen molar-refractivity contribution in [3.63, 3.8) is 0 Å². The lowest BCUT2D eigenvalue weighted by Gasteiger charge is -2.31. The summed E-state index contributed by atoms with van der Waals surface area (Å²) < 4.78 is 27.8. The molecule has 8 heteroatoms. The van der Waals surface area contributed by atoms with Gasteiger partial charge in [-0.1, -0.05) is 30.3 Å². The number of nitrogens with two attached hydrogens (primary N) is 1. The Labute approximate surface area is 180 Å². The fourth-order valence-corrected chi connectivity index (χ4v) is 5.37. The highest BCUT2D eigenvalue weighted by molar-refractivity contribution is 7.89. The molecule has 31 heavy (non-hydrogen) atoms. The van der Waals surface area contributed by atoms with Crippen molar-refractivity contribution in [1.82, 2.24) is 4.31 Å². The van der Waals surface area contributed by atoms with E-state index in [1.165, 1.54) is 16.4 Å². The molecule has 1 saturated heterocycles. The lowest BCUT2D eigenvalue weighted by atomic mass is 9.98. The Balaban J connectivity index is 1.48. The molecular formula is C23H23N3O4S. The first-order chi connectivity index (χ1) is 14.8. The van der Waals surface area contributed by atoms with Crippen LogP contribution < -0.4 is 11.1 Å². The topological polar surface area (TPSA) is 110 Å². The summed E-state index contributed by atoms with van der Waals surface area (Å²) in [6.07, 6.45) is 1.21. The zero-order valence-corrected chi connectivity index (χ0v) is 17.6. The Morgan fingerprint density at radius 2 is 1.68 bits per heavy atom. The smallest absolute Gasteiger partial charge is 0.248 e. The maximum atomic E-state index is 13.2. The van der Waals surface area contributed by atoms with Crippen LogP contribution in [0.2, 0.25) is 0 Å². The first-order valence-electron chi connectivity index (χ1n) is 10.0. The zero-order valence-electron chi connectivity index (χ0n) is 16.8. The second-order valence-corrected chi connectivity index (χ2v) is 9.58. The van der Waals surface area contributed by atoms with Gasteiger partial charge in [-0.25, -0.2) is 8.42 Å². The fourth-order valence-electron chi connectivity index (χ4n) is 3.81. The molecule has 3 N–H and O–H groups in total. The molecule has 0 radical (unpaired) electrons. The van der Waals surface area contributed by atoms with Crippen LogP contribution in [-0.2, 0) is 14.8 Å². The van der Waals surface area contributed by atoms with Crippen molar-refractivity contribution in [3.8, 4) is 0 Å².